The van der Waals surface area contributed by atoms with E-state index in [2.05, 4.69) is 25.5 Å². The molecule has 0 aromatic carbocycles. The molecule has 0 aromatic heterocycles. The molecule has 0 aliphatic heterocycles. The van der Waals surface area contributed by atoms with Gasteiger partial charge >= 0.3 is 5.97 Å². The maximum Gasteiger partial charge on any atom is 0.304 e. The van der Waals surface area contributed by atoms with Crippen LogP contribution in [0.25, 0.3) is 0 Å². The summed E-state index contributed by atoms with van der Waals surface area (Å²) in [6, 6.07) is 0. The third kappa shape index (κ3) is 4.57. The highest BCUT2D eigenvalue weighted by atomic mass is 32.2. The third-order valence-electron chi connectivity index (χ3n) is 11.0. The van der Waals surface area contributed by atoms with Crippen molar-refractivity contribution >= 4 is 16.0 Å². The van der Waals surface area contributed by atoms with Crippen LogP contribution < -0.4 is 4.72 Å². The number of aliphatic hydroxyl groups is 2. The number of carbonyl (C=O) groups is 1. The molecule has 4 aliphatic rings. The molecule has 0 spiro atoms. The van der Waals surface area contributed by atoms with Crippen molar-refractivity contribution in [2.45, 2.75) is 97.2 Å². The fraction of sp³-hybridized carbons (Fsp3) is 0.962. The number of carboxylic acids is 1. The van der Waals surface area contributed by atoms with Crippen LogP contribution in [0.2, 0.25) is 0 Å². The first-order chi connectivity index (χ1) is 15.9. The summed E-state index contributed by atoms with van der Waals surface area (Å²) < 4.78 is 26.9. The average Bonchev–Trinajstić information content (AvgIpc) is 3.10. The molecule has 0 heterocycles. The van der Waals surface area contributed by atoms with Crippen LogP contribution in [0.5, 0.6) is 0 Å². The Morgan fingerprint density at radius 3 is 2.35 bits per heavy atom. The maximum absolute atomic E-state index is 12.1. The predicted molar refractivity (Wildman–Crippen MR) is 130 cm³/mol. The minimum absolute atomic E-state index is 0.102. The van der Waals surface area contributed by atoms with Crippen molar-refractivity contribution in [2.24, 2.45) is 46.3 Å². The van der Waals surface area contributed by atoms with E-state index < -0.39 is 16.0 Å². The monoisotopic (exact) mass is 499 g/mol. The molecule has 0 saturated heterocycles. The number of hydrogen-bond donors (Lipinski definition) is 4. The number of sulfonamides is 1. The van der Waals surface area contributed by atoms with E-state index in [0.29, 0.717) is 30.2 Å². The number of aliphatic carboxylic acids is 1. The minimum Gasteiger partial charge on any atom is -0.481 e. The number of carboxylic acid groups (broad SMARTS) is 1. The second-order valence-corrected chi connectivity index (χ2v) is 14.3. The van der Waals surface area contributed by atoms with Crippen molar-refractivity contribution < 1.29 is 28.5 Å². The van der Waals surface area contributed by atoms with E-state index in [9.17, 15) is 23.4 Å². The molecule has 0 bridgehead atoms. The first-order valence-corrected chi connectivity index (χ1v) is 15.1. The van der Waals surface area contributed by atoms with Gasteiger partial charge in [-0.15, -0.1) is 0 Å². The van der Waals surface area contributed by atoms with Crippen molar-refractivity contribution in [2.75, 3.05) is 12.3 Å². The van der Waals surface area contributed by atoms with Gasteiger partial charge in [-0.1, -0.05) is 27.2 Å². The number of nitrogens with one attached hydrogen (secondary N) is 1. The summed E-state index contributed by atoms with van der Waals surface area (Å²) in [5, 5.41) is 30.9. The SMILES string of the molecule is CC[C@H]1[C@@H](O)[C@@H]2[C@H](CC[C@]3(C)[C@@H](CCNS(=O)(=O)CCC(=O)O)CC[C@@H]23)[C@@]2(C)CC[C@@H](O)C[C@@H]12. The van der Waals surface area contributed by atoms with Crippen LogP contribution >= 0.6 is 0 Å². The highest BCUT2D eigenvalue weighted by Crippen LogP contribution is 2.69. The molecule has 0 radical (unpaired) electrons. The molecule has 4 saturated carbocycles. The summed E-state index contributed by atoms with van der Waals surface area (Å²) in [5.74, 6) is 0.790. The highest BCUT2D eigenvalue weighted by Gasteiger charge is 2.64. The summed E-state index contributed by atoms with van der Waals surface area (Å²) in [4.78, 5) is 10.7. The van der Waals surface area contributed by atoms with Gasteiger partial charge in [0.05, 0.1) is 24.4 Å². The molecule has 4 fully saturated rings. The molecule has 0 amide bonds. The highest BCUT2D eigenvalue weighted by molar-refractivity contribution is 7.89. The number of hydrogen-bond acceptors (Lipinski definition) is 5. The summed E-state index contributed by atoms with van der Waals surface area (Å²) in [5.41, 5.74) is 0.285. The van der Waals surface area contributed by atoms with Crippen molar-refractivity contribution in [1.29, 1.82) is 0 Å². The van der Waals surface area contributed by atoms with E-state index in [4.69, 9.17) is 5.11 Å². The Balaban J connectivity index is 1.47. The number of aliphatic hydroxyl groups excluding tert-OH is 2. The molecule has 4 N–H and O–H groups in total. The van der Waals surface area contributed by atoms with E-state index in [1.165, 1.54) is 0 Å². The molecule has 8 heteroatoms. The standard InChI is InChI=1S/C26H45NO6S/c1-4-18-21-15-17(28)7-11-26(21,3)20-8-12-25(2)16(5-6-19(25)23(20)24(18)31)9-13-27-34(32,33)14-10-22(29)30/h16-21,23-24,27-28,31H,4-15H2,1-3H3,(H,29,30)/t16-,17-,18-,19+,20+,21+,23+,24-,25-,26-/m1/s1. The van der Waals surface area contributed by atoms with Crippen molar-refractivity contribution in [3.05, 3.63) is 0 Å². The van der Waals surface area contributed by atoms with E-state index in [1.807, 2.05) is 0 Å². The first kappa shape index (κ1) is 26.4. The van der Waals surface area contributed by atoms with Gasteiger partial charge in [-0.05, 0) is 97.7 Å². The fourth-order valence-electron chi connectivity index (χ4n) is 9.22. The van der Waals surface area contributed by atoms with Gasteiger partial charge in [-0.2, -0.15) is 0 Å². The van der Waals surface area contributed by atoms with Crippen LogP contribution in [0.3, 0.4) is 0 Å². The zero-order chi connectivity index (χ0) is 24.9. The molecule has 0 unspecified atom stereocenters. The molecule has 0 aromatic rings. The van der Waals surface area contributed by atoms with Crippen LogP contribution in [0, 0.1) is 46.3 Å². The van der Waals surface area contributed by atoms with E-state index >= 15 is 0 Å². The summed E-state index contributed by atoms with van der Waals surface area (Å²) in [7, 11) is -3.57. The van der Waals surface area contributed by atoms with Crippen molar-refractivity contribution in [3.63, 3.8) is 0 Å². The molecular formula is C26H45NO6S. The molecule has 4 rings (SSSR count). The second kappa shape index (κ2) is 9.64. The Hall–Kier alpha value is -0.700. The molecule has 196 valence electrons. The van der Waals surface area contributed by atoms with E-state index in [-0.39, 0.29) is 47.0 Å². The van der Waals surface area contributed by atoms with Gasteiger partial charge in [-0.3, -0.25) is 4.79 Å². The quantitative estimate of drug-likeness (QED) is 0.406. The zero-order valence-corrected chi connectivity index (χ0v) is 21.9. The van der Waals surface area contributed by atoms with Gasteiger partial charge in [0.15, 0.2) is 0 Å². The lowest BCUT2D eigenvalue weighted by Gasteiger charge is -2.64. The average molecular weight is 500 g/mol. The maximum atomic E-state index is 12.1. The Bertz CT molecular complexity index is 863. The van der Waals surface area contributed by atoms with Gasteiger partial charge in [0.1, 0.15) is 0 Å². The molecule has 4 aliphatic carbocycles. The van der Waals surface area contributed by atoms with Crippen LogP contribution in [-0.4, -0.2) is 54.2 Å². The first-order valence-electron chi connectivity index (χ1n) is 13.5. The van der Waals surface area contributed by atoms with Gasteiger partial charge in [0, 0.05) is 6.54 Å². The lowest BCUT2D eigenvalue weighted by atomic mass is 9.41. The molecular weight excluding hydrogens is 454 g/mol. The summed E-state index contributed by atoms with van der Waals surface area (Å²) in [6.45, 7) is 7.35. The Morgan fingerprint density at radius 2 is 1.68 bits per heavy atom. The minimum atomic E-state index is -3.57. The van der Waals surface area contributed by atoms with Gasteiger partial charge in [0.25, 0.3) is 0 Å². The van der Waals surface area contributed by atoms with Crippen LogP contribution in [0.15, 0.2) is 0 Å². The predicted octanol–water partition coefficient (Wildman–Crippen LogP) is 3.40. The Kier molecular flexibility index (Phi) is 7.47. The van der Waals surface area contributed by atoms with Crippen molar-refractivity contribution in [1.82, 2.24) is 4.72 Å². The Morgan fingerprint density at radius 1 is 1.00 bits per heavy atom. The fourth-order valence-corrected chi connectivity index (χ4v) is 10.2. The molecule has 7 nitrogen and oxygen atoms in total. The topological polar surface area (TPSA) is 124 Å². The van der Waals surface area contributed by atoms with E-state index in [1.54, 1.807) is 0 Å². The summed E-state index contributed by atoms with van der Waals surface area (Å²) >= 11 is 0. The van der Waals surface area contributed by atoms with Crippen LogP contribution in [-0.2, 0) is 14.8 Å². The van der Waals surface area contributed by atoms with Crippen LogP contribution in [0.4, 0.5) is 0 Å². The normalized spacial score (nSPS) is 46.4. The van der Waals surface area contributed by atoms with E-state index in [0.717, 1.165) is 57.8 Å². The summed E-state index contributed by atoms with van der Waals surface area (Å²) in [6.07, 6.45) is 7.88. The molecule has 10 atom stereocenters. The van der Waals surface area contributed by atoms with Gasteiger partial charge < -0.3 is 15.3 Å². The largest absolute Gasteiger partial charge is 0.481 e. The number of fused-ring (bicyclic) bond motifs is 5. The Labute approximate surface area is 205 Å². The third-order valence-corrected chi connectivity index (χ3v) is 12.4. The molecule has 34 heavy (non-hydrogen) atoms. The van der Waals surface area contributed by atoms with Gasteiger partial charge in [-0.25, -0.2) is 13.1 Å². The lowest BCUT2D eigenvalue weighted by Crippen LogP contribution is -2.62. The number of rotatable bonds is 8. The van der Waals surface area contributed by atoms with Gasteiger partial charge in [0.2, 0.25) is 10.0 Å². The smallest absolute Gasteiger partial charge is 0.304 e. The van der Waals surface area contributed by atoms with Crippen LogP contribution in [0.1, 0.15) is 85.0 Å². The lowest BCUT2D eigenvalue weighted by molar-refractivity contribution is -0.202. The second-order valence-electron chi connectivity index (χ2n) is 12.4. The zero-order valence-electron chi connectivity index (χ0n) is 21.1. The van der Waals surface area contributed by atoms with Crippen molar-refractivity contribution in [3.8, 4) is 0 Å².